The van der Waals surface area contributed by atoms with Crippen LogP contribution >= 0.6 is 27.3 Å². The zero-order valence-electron chi connectivity index (χ0n) is 9.83. The van der Waals surface area contributed by atoms with Crippen LogP contribution in [0, 0.1) is 13.8 Å². The van der Waals surface area contributed by atoms with E-state index >= 15 is 0 Å². The lowest BCUT2D eigenvalue weighted by molar-refractivity contribution is 0.646. The van der Waals surface area contributed by atoms with Crippen molar-refractivity contribution >= 4 is 27.3 Å². The lowest BCUT2D eigenvalue weighted by atomic mass is 10.0. The van der Waals surface area contributed by atoms with Crippen molar-refractivity contribution in [3.63, 3.8) is 0 Å². The van der Waals surface area contributed by atoms with Crippen molar-refractivity contribution in [1.29, 1.82) is 0 Å². The van der Waals surface area contributed by atoms with Crippen molar-refractivity contribution < 1.29 is 0 Å². The maximum absolute atomic E-state index is 5.68. The summed E-state index contributed by atoms with van der Waals surface area (Å²) in [6, 6.07) is 10.6. The van der Waals surface area contributed by atoms with Crippen LogP contribution in [0.3, 0.4) is 0 Å². The summed E-state index contributed by atoms with van der Waals surface area (Å²) in [6.45, 7) is 4.19. The Morgan fingerprint density at radius 3 is 2.53 bits per heavy atom. The first-order chi connectivity index (χ1) is 8.11. The van der Waals surface area contributed by atoms with Crippen molar-refractivity contribution in [2.24, 2.45) is 5.84 Å². The number of hydrogen-bond acceptors (Lipinski definition) is 3. The number of halogens is 1. The Labute approximate surface area is 114 Å². The first kappa shape index (κ1) is 12.8. The molecule has 0 amide bonds. The third kappa shape index (κ3) is 2.77. The molecule has 2 nitrogen and oxygen atoms in total. The minimum Gasteiger partial charge on any atom is -0.271 e. The maximum Gasteiger partial charge on any atom is 0.0802 e. The fraction of sp³-hybridized carbons (Fsp3) is 0.231. The van der Waals surface area contributed by atoms with E-state index in [0.29, 0.717) is 0 Å². The molecule has 0 saturated carbocycles. The molecular weight excluding hydrogens is 296 g/mol. The highest BCUT2D eigenvalue weighted by Gasteiger charge is 2.14. The highest BCUT2D eigenvalue weighted by atomic mass is 79.9. The van der Waals surface area contributed by atoms with E-state index in [1.807, 2.05) is 0 Å². The topological polar surface area (TPSA) is 38.0 Å². The van der Waals surface area contributed by atoms with Crippen molar-refractivity contribution in [3.05, 3.63) is 55.7 Å². The number of nitrogens with two attached hydrogens (primary N) is 1. The van der Waals surface area contributed by atoms with Crippen LogP contribution in [0.2, 0.25) is 0 Å². The molecule has 4 heteroatoms. The molecule has 1 atom stereocenters. The number of thiophene rings is 1. The molecule has 1 heterocycles. The van der Waals surface area contributed by atoms with Gasteiger partial charge >= 0.3 is 0 Å². The van der Waals surface area contributed by atoms with Crippen LogP contribution in [-0.4, -0.2) is 0 Å². The second-order valence-corrected chi connectivity index (χ2v) is 6.23. The van der Waals surface area contributed by atoms with Gasteiger partial charge in [0.25, 0.3) is 0 Å². The molecule has 0 saturated heterocycles. The minimum atomic E-state index is 0.0699. The SMILES string of the molecule is Cc1ccc(C(NN)c2ccc(Br)c(C)c2)s1. The van der Waals surface area contributed by atoms with E-state index in [9.17, 15) is 0 Å². The van der Waals surface area contributed by atoms with Crippen LogP contribution in [0.15, 0.2) is 34.8 Å². The van der Waals surface area contributed by atoms with Gasteiger partial charge in [-0.1, -0.05) is 28.1 Å². The van der Waals surface area contributed by atoms with Gasteiger partial charge in [-0.3, -0.25) is 5.84 Å². The minimum absolute atomic E-state index is 0.0699. The van der Waals surface area contributed by atoms with Gasteiger partial charge in [0.15, 0.2) is 0 Å². The van der Waals surface area contributed by atoms with Gasteiger partial charge in [0, 0.05) is 14.2 Å². The summed E-state index contributed by atoms with van der Waals surface area (Å²) in [5.74, 6) is 5.68. The van der Waals surface area contributed by atoms with E-state index in [4.69, 9.17) is 5.84 Å². The highest BCUT2D eigenvalue weighted by Crippen LogP contribution is 2.29. The quantitative estimate of drug-likeness (QED) is 0.670. The fourth-order valence-electron chi connectivity index (χ4n) is 1.80. The van der Waals surface area contributed by atoms with Crippen LogP contribution < -0.4 is 11.3 Å². The molecule has 0 aliphatic heterocycles. The van der Waals surface area contributed by atoms with E-state index in [0.717, 1.165) is 4.47 Å². The number of rotatable bonds is 3. The summed E-state index contributed by atoms with van der Waals surface area (Å²) < 4.78 is 1.12. The van der Waals surface area contributed by atoms with E-state index in [1.165, 1.54) is 20.9 Å². The molecule has 2 rings (SSSR count). The standard InChI is InChI=1S/C13H15BrN2S/c1-8-7-10(4-5-11(8)14)13(16-15)12-6-3-9(2)17-12/h3-7,13,16H,15H2,1-2H3. The van der Waals surface area contributed by atoms with E-state index in [-0.39, 0.29) is 6.04 Å². The molecule has 1 unspecified atom stereocenters. The Bertz CT molecular complexity index is 522. The van der Waals surface area contributed by atoms with Crippen molar-refractivity contribution in [1.82, 2.24) is 5.43 Å². The van der Waals surface area contributed by atoms with Gasteiger partial charge in [-0.25, -0.2) is 5.43 Å². The van der Waals surface area contributed by atoms with Gasteiger partial charge in [0.2, 0.25) is 0 Å². The van der Waals surface area contributed by atoms with Crippen molar-refractivity contribution in [3.8, 4) is 0 Å². The van der Waals surface area contributed by atoms with Gasteiger partial charge in [-0.15, -0.1) is 11.3 Å². The summed E-state index contributed by atoms with van der Waals surface area (Å²) in [5, 5.41) is 0. The van der Waals surface area contributed by atoms with Gasteiger partial charge in [-0.05, 0) is 43.2 Å². The third-order valence-corrected chi connectivity index (χ3v) is 4.68. The zero-order valence-corrected chi connectivity index (χ0v) is 12.2. The van der Waals surface area contributed by atoms with Crippen molar-refractivity contribution in [2.45, 2.75) is 19.9 Å². The number of aryl methyl sites for hydroxylation is 2. The lowest BCUT2D eigenvalue weighted by Crippen LogP contribution is -2.28. The Kier molecular flexibility index (Phi) is 3.99. The zero-order chi connectivity index (χ0) is 12.4. The number of hydrogen-bond donors (Lipinski definition) is 2. The average molecular weight is 311 g/mol. The largest absolute Gasteiger partial charge is 0.271 e. The predicted octanol–water partition coefficient (Wildman–Crippen LogP) is 3.68. The molecular formula is C13H15BrN2S. The third-order valence-electron chi connectivity index (χ3n) is 2.73. The molecule has 17 heavy (non-hydrogen) atoms. The Balaban J connectivity index is 2.38. The van der Waals surface area contributed by atoms with E-state index < -0.39 is 0 Å². The second-order valence-electron chi connectivity index (χ2n) is 4.06. The van der Waals surface area contributed by atoms with Gasteiger partial charge in [-0.2, -0.15) is 0 Å². The molecule has 1 aromatic heterocycles. The first-order valence-corrected chi connectivity index (χ1v) is 7.01. The first-order valence-electron chi connectivity index (χ1n) is 5.40. The number of benzene rings is 1. The molecule has 0 spiro atoms. The van der Waals surface area contributed by atoms with Crippen molar-refractivity contribution in [2.75, 3.05) is 0 Å². The van der Waals surface area contributed by atoms with Gasteiger partial charge in [0.05, 0.1) is 6.04 Å². The predicted molar refractivity (Wildman–Crippen MR) is 77.1 cm³/mol. The summed E-state index contributed by atoms with van der Waals surface area (Å²) in [7, 11) is 0. The van der Waals surface area contributed by atoms with Crippen LogP contribution in [-0.2, 0) is 0 Å². The molecule has 90 valence electrons. The molecule has 0 bridgehead atoms. The molecule has 0 aliphatic carbocycles. The summed E-state index contributed by atoms with van der Waals surface area (Å²) >= 11 is 5.28. The highest BCUT2D eigenvalue weighted by molar-refractivity contribution is 9.10. The van der Waals surface area contributed by atoms with Crippen LogP contribution in [0.1, 0.15) is 26.9 Å². The monoisotopic (exact) mass is 310 g/mol. The molecule has 0 aliphatic rings. The molecule has 2 aromatic rings. The average Bonchev–Trinajstić information content (AvgIpc) is 2.71. The normalized spacial score (nSPS) is 12.7. The summed E-state index contributed by atoms with van der Waals surface area (Å²) in [5.41, 5.74) is 5.30. The lowest BCUT2D eigenvalue weighted by Gasteiger charge is -2.15. The molecule has 1 aromatic carbocycles. The Morgan fingerprint density at radius 1 is 1.24 bits per heavy atom. The number of hydrazine groups is 1. The number of nitrogens with one attached hydrogen (secondary N) is 1. The fourth-order valence-corrected chi connectivity index (χ4v) is 3.01. The summed E-state index contributed by atoms with van der Waals surface area (Å²) in [6.07, 6.45) is 0. The Morgan fingerprint density at radius 2 is 2.00 bits per heavy atom. The smallest absolute Gasteiger partial charge is 0.0802 e. The summed E-state index contributed by atoms with van der Waals surface area (Å²) in [4.78, 5) is 2.54. The molecule has 3 N–H and O–H groups in total. The van der Waals surface area contributed by atoms with E-state index in [2.05, 4.69) is 65.5 Å². The Hall–Kier alpha value is -0.680. The van der Waals surface area contributed by atoms with E-state index in [1.54, 1.807) is 11.3 Å². The molecule has 0 fully saturated rings. The molecule has 0 radical (unpaired) electrons. The van der Waals surface area contributed by atoms with Crippen LogP contribution in [0.5, 0.6) is 0 Å². The van der Waals surface area contributed by atoms with Crippen LogP contribution in [0.4, 0.5) is 0 Å². The second kappa shape index (κ2) is 5.31. The maximum atomic E-state index is 5.68. The van der Waals surface area contributed by atoms with Crippen LogP contribution in [0.25, 0.3) is 0 Å². The van der Waals surface area contributed by atoms with Gasteiger partial charge < -0.3 is 0 Å². The van der Waals surface area contributed by atoms with Gasteiger partial charge in [0.1, 0.15) is 0 Å².